The molecule has 0 unspecified atom stereocenters. The van der Waals surface area contributed by atoms with Crippen LogP contribution in [0.25, 0.3) is 0 Å². The van der Waals surface area contributed by atoms with Gasteiger partial charge < -0.3 is 5.32 Å². The van der Waals surface area contributed by atoms with Gasteiger partial charge in [-0.25, -0.2) is 4.63 Å². The van der Waals surface area contributed by atoms with Gasteiger partial charge in [0.2, 0.25) is 5.91 Å². The zero-order valence-electron chi connectivity index (χ0n) is 12.9. The van der Waals surface area contributed by atoms with Gasteiger partial charge in [-0.2, -0.15) is 0 Å². The number of hydrogen-bond donors (Lipinski definition) is 1. The summed E-state index contributed by atoms with van der Waals surface area (Å²) in [5.74, 6) is -0.183. The fourth-order valence-corrected chi connectivity index (χ4v) is 2.46. The van der Waals surface area contributed by atoms with Crippen molar-refractivity contribution >= 4 is 17.5 Å². The molecule has 0 bridgehead atoms. The van der Waals surface area contributed by atoms with Crippen LogP contribution in [-0.2, 0) is 11.2 Å². The Bertz CT molecular complexity index is 818. The summed E-state index contributed by atoms with van der Waals surface area (Å²) in [7, 11) is 0. The Balaban J connectivity index is 1.83. The van der Waals surface area contributed by atoms with E-state index in [2.05, 4.69) is 25.2 Å². The van der Waals surface area contributed by atoms with Crippen molar-refractivity contribution in [1.29, 1.82) is 0 Å². The summed E-state index contributed by atoms with van der Waals surface area (Å²) in [6.07, 6.45) is 3.51. The number of amides is 1. The molecule has 0 saturated carbocycles. The number of pyridine rings is 1. The Morgan fingerprint density at radius 3 is 2.62 bits per heavy atom. The van der Waals surface area contributed by atoms with Gasteiger partial charge in [0, 0.05) is 17.4 Å². The summed E-state index contributed by atoms with van der Waals surface area (Å²) in [5, 5.41) is 11.1. The highest BCUT2D eigenvalue weighted by atomic mass is 35.5. The smallest absolute Gasteiger partial charge is 0.226 e. The summed E-state index contributed by atoms with van der Waals surface area (Å²) < 4.78 is 4.63. The molecule has 1 aromatic carbocycles. The van der Waals surface area contributed by atoms with Gasteiger partial charge >= 0.3 is 0 Å². The third-order valence-corrected chi connectivity index (χ3v) is 3.85. The standard InChI is InChI=1S/C17H15ClN4O2/c1-11-15(22-24-21-11)9-16(23)20-17(13-3-2-8-19-10-13)12-4-6-14(18)7-5-12/h2-8,10,17H,9H2,1H3,(H,20,23)/t17-/m0/s1. The van der Waals surface area contributed by atoms with Gasteiger partial charge in [-0.05, 0) is 36.2 Å². The molecule has 122 valence electrons. The monoisotopic (exact) mass is 342 g/mol. The average Bonchev–Trinajstić information content (AvgIpc) is 2.99. The number of carbonyl (C=O) groups is 1. The number of hydrogen-bond acceptors (Lipinski definition) is 5. The molecule has 6 nitrogen and oxygen atoms in total. The van der Waals surface area contributed by atoms with E-state index in [0.717, 1.165) is 11.1 Å². The molecule has 0 aliphatic carbocycles. The Kier molecular flexibility index (Phi) is 4.86. The predicted molar refractivity (Wildman–Crippen MR) is 88.4 cm³/mol. The molecule has 3 aromatic rings. The van der Waals surface area contributed by atoms with Crippen LogP contribution in [0.1, 0.15) is 28.6 Å². The highest BCUT2D eigenvalue weighted by molar-refractivity contribution is 6.30. The lowest BCUT2D eigenvalue weighted by Gasteiger charge is -2.19. The van der Waals surface area contributed by atoms with Crippen LogP contribution in [0.4, 0.5) is 0 Å². The molecular formula is C17H15ClN4O2. The van der Waals surface area contributed by atoms with E-state index in [4.69, 9.17) is 11.6 Å². The van der Waals surface area contributed by atoms with E-state index in [1.54, 1.807) is 31.5 Å². The van der Waals surface area contributed by atoms with Crippen molar-refractivity contribution < 1.29 is 9.42 Å². The molecule has 7 heteroatoms. The Labute approximate surface area is 143 Å². The molecule has 2 heterocycles. The second-order valence-electron chi connectivity index (χ2n) is 5.31. The lowest BCUT2D eigenvalue weighted by molar-refractivity contribution is -0.121. The molecule has 1 N–H and O–H groups in total. The summed E-state index contributed by atoms with van der Waals surface area (Å²) in [5.41, 5.74) is 2.92. The number of benzene rings is 1. The molecule has 0 saturated heterocycles. The molecular weight excluding hydrogens is 328 g/mol. The fraction of sp³-hybridized carbons (Fsp3) is 0.176. The van der Waals surface area contributed by atoms with Crippen LogP contribution in [0, 0.1) is 6.92 Å². The maximum Gasteiger partial charge on any atom is 0.226 e. The van der Waals surface area contributed by atoms with Crippen LogP contribution in [0.2, 0.25) is 5.02 Å². The maximum atomic E-state index is 12.4. The van der Waals surface area contributed by atoms with Gasteiger partial charge in [0.05, 0.1) is 12.5 Å². The molecule has 24 heavy (non-hydrogen) atoms. The number of aromatic nitrogens is 3. The minimum atomic E-state index is -0.330. The number of nitrogens with zero attached hydrogens (tertiary/aromatic N) is 3. The summed E-state index contributed by atoms with van der Waals surface area (Å²) in [6, 6.07) is 10.7. The topological polar surface area (TPSA) is 80.9 Å². The van der Waals surface area contributed by atoms with Gasteiger partial charge in [-0.15, -0.1) is 0 Å². The first kappa shape index (κ1) is 16.1. The first-order valence-corrected chi connectivity index (χ1v) is 7.74. The largest absolute Gasteiger partial charge is 0.345 e. The summed E-state index contributed by atoms with van der Waals surface area (Å²) >= 11 is 5.96. The van der Waals surface area contributed by atoms with E-state index in [1.165, 1.54) is 0 Å². The van der Waals surface area contributed by atoms with Crippen molar-refractivity contribution in [2.75, 3.05) is 0 Å². The third-order valence-electron chi connectivity index (χ3n) is 3.60. The third kappa shape index (κ3) is 3.78. The van der Waals surface area contributed by atoms with Crippen molar-refractivity contribution in [2.24, 2.45) is 0 Å². The number of nitrogens with one attached hydrogen (secondary N) is 1. The van der Waals surface area contributed by atoms with E-state index in [-0.39, 0.29) is 18.4 Å². The lowest BCUT2D eigenvalue weighted by Crippen LogP contribution is -2.31. The maximum absolute atomic E-state index is 12.4. The van der Waals surface area contributed by atoms with Gasteiger partial charge in [-0.1, -0.05) is 40.1 Å². The number of aryl methyl sites for hydroxylation is 1. The zero-order chi connectivity index (χ0) is 16.9. The minimum Gasteiger partial charge on any atom is -0.345 e. The van der Waals surface area contributed by atoms with Crippen molar-refractivity contribution in [1.82, 2.24) is 20.6 Å². The number of rotatable bonds is 5. The van der Waals surface area contributed by atoms with Crippen LogP contribution in [-0.4, -0.2) is 21.2 Å². The van der Waals surface area contributed by atoms with Gasteiger partial charge in [0.1, 0.15) is 11.4 Å². The molecule has 0 fully saturated rings. The molecule has 2 aromatic heterocycles. The fourth-order valence-electron chi connectivity index (χ4n) is 2.34. The number of halogens is 1. The Morgan fingerprint density at radius 1 is 1.21 bits per heavy atom. The van der Waals surface area contributed by atoms with Gasteiger partial charge in [-0.3, -0.25) is 9.78 Å². The molecule has 1 amide bonds. The normalized spacial score (nSPS) is 11.9. The summed E-state index contributed by atoms with van der Waals surface area (Å²) in [6.45, 7) is 1.75. The predicted octanol–water partition coefficient (Wildman–Crippen LogP) is 2.87. The van der Waals surface area contributed by atoms with Gasteiger partial charge in [0.15, 0.2) is 0 Å². The van der Waals surface area contributed by atoms with E-state index < -0.39 is 0 Å². The lowest BCUT2D eigenvalue weighted by atomic mass is 10.00. The molecule has 0 spiro atoms. The second kappa shape index (κ2) is 7.23. The van der Waals surface area contributed by atoms with Crippen LogP contribution in [0.15, 0.2) is 53.4 Å². The van der Waals surface area contributed by atoms with Crippen LogP contribution in [0.3, 0.4) is 0 Å². The van der Waals surface area contributed by atoms with E-state index in [9.17, 15) is 4.79 Å². The van der Waals surface area contributed by atoms with E-state index in [1.807, 2.05) is 24.3 Å². The first-order valence-electron chi connectivity index (χ1n) is 7.36. The van der Waals surface area contributed by atoms with Crippen molar-refractivity contribution in [3.63, 3.8) is 0 Å². The highest BCUT2D eigenvalue weighted by Crippen LogP contribution is 2.23. The number of carbonyl (C=O) groups excluding carboxylic acids is 1. The second-order valence-corrected chi connectivity index (χ2v) is 5.75. The Morgan fingerprint density at radius 2 is 2.00 bits per heavy atom. The molecule has 1 atom stereocenters. The van der Waals surface area contributed by atoms with Crippen LogP contribution >= 0.6 is 11.6 Å². The quantitative estimate of drug-likeness (QED) is 0.771. The van der Waals surface area contributed by atoms with Crippen LogP contribution < -0.4 is 5.32 Å². The van der Waals surface area contributed by atoms with E-state index in [0.29, 0.717) is 16.4 Å². The van der Waals surface area contributed by atoms with Gasteiger partial charge in [0.25, 0.3) is 0 Å². The van der Waals surface area contributed by atoms with Crippen molar-refractivity contribution in [3.05, 3.63) is 76.3 Å². The minimum absolute atomic E-state index is 0.0969. The summed E-state index contributed by atoms with van der Waals surface area (Å²) in [4.78, 5) is 16.6. The zero-order valence-corrected chi connectivity index (χ0v) is 13.7. The molecule has 0 aliphatic heterocycles. The average molecular weight is 343 g/mol. The SMILES string of the molecule is Cc1nonc1CC(=O)N[C@@H](c1ccc(Cl)cc1)c1cccnc1. The highest BCUT2D eigenvalue weighted by Gasteiger charge is 2.19. The molecule has 3 rings (SSSR count). The van der Waals surface area contributed by atoms with E-state index >= 15 is 0 Å². The van der Waals surface area contributed by atoms with Crippen LogP contribution in [0.5, 0.6) is 0 Å². The Hall–Kier alpha value is -2.73. The molecule has 0 radical (unpaired) electrons. The molecule has 0 aliphatic rings. The van der Waals surface area contributed by atoms with Crippen molar-refractivity contribution in [3.8, 4) is 0 Å². The first-order chi connectivity index (χ1) is 11.6. The van der Waals surface area contributed by atoms with Crippen molar-refractivity contribution in [2.45, 2.75) is 19.4 Å².